The number of anilines is 5. The van der Waals surface area contributed by atoms with E-state index >= 15 is 0 Å². The van der Waals surface area contributed by atoms with Gasteiger partial charge in [-0.3, -0.25) is 9.59 Å². The number of aryl methyl sites for hydroxylation is 1. The first kappa shape index (κ1) is 22.2. The summed E-state index contributed by atoms with van der Waals surface area (Å²) >= 11 is 0. The third-order valence-corrected chi connectivity index (χ3v) is 5.25. The zero-order chi connectivity index (χ0) is 23.4. The van der Waals surface area contributed by atoms with Crippen molar-refractivity contribution in [2.45, 2.75) is 20.3 Å². The zero-order valence-electron chi connectivity index (χ0n) is 18.4. The molecule has 1 aliphatic rings. The molecule has 4 rings (SSSR count). The Labute approximate surface area is 191 Å². The number of benzene rings is 2. The van der Waals surface area contributed by atoms with Gasteiger partial charge in [-0.15, -0.1) is 0 Å². The number of carbonyl (C=O) groups excluding carboxylic acids is 2. The van der Waals surface area contributed by atoms with E-state index in [-0.39, 0.29) is 30.6 Å². The second-order valence-electron chi connectivity index (χ2n) is 7.79. The quantitative estimate of drug-likeness (QED) is 0.504. The molecule has 33 heavy (non-hydrogen) atoms. The minimum Gasteiger partial charge on any atom is -0.370 e. The largest absolute Gasteiger partial charge is 0.370 e. The predicted molar refractivity (Wildman–Crippen MR) is 126 cm³/mol. The van der Waals surface area contributed by atoms with E-state index in [2.05, 4.69) is 25.9 Å². The summed E-state index contributed by atoms with van der Waals surface area (Å²) in [5.41, 5.74) is 2.03. The number of halogens is 1. The molecule has 0 spiro atoms. The smallest absolute Gasteiger partial charge is 0.229 e. The summed E-state index contributed by atoms with van der Waals surface area (Å²) in [6.07, 6.45) is 0.115. The van der Waals surface area contributed by atoms with Crippen LogP contribution in [0, 0.1) is 18.7 Å². The lowest BCUT2D eigenvalue weighted by Crippen LogP contribution is -2.28. The van der Waals surface area contributed by atoms with Gasteiger partial charge in [-0.25, -0.2) is 14.4 Å². The lowest BCUT2D eigenvalue weighted by atomic mass is 10.1. The topological polar surface area (TPSA) is 99.2 Å². The molecule has 1 fully saturated rings. The van der Waals surface area contributed by atoms with Crippen molar-refractivity contribution in [2.24, 2.45) is 5.92 Å². The average Bonchev–Trinajstić information content (AvgIpc) is 3.17. The molecule has 3 N–H and O–H groups in total. The van der Waals surface area contributed by atoms with Gasteiger partial charge in [0.05, 0.1) is 5.92 Å². The van der Waals surface area contributed by atoms with Gasteiger partial charge in [-0.1, -0.05) is 0 Å². The van der Waals surface area contributed by atoms with Gasteiger partial charge in [0, 0.05) is 42.6 Å². The van der Waals surface area contributed by atoms with E-state index in [1.807, 2.05) is 32.0 Å². The Morgan fingerprint density at radius 3 is 2.42 bits per heavy atom. The van der Waals surface area contributed by atoms with Crippen molar-refractivity contribution in [2.75, 3.05) is 33.9 Å². The summed E-state index contributed by atoms with van der Waals surface area (Å²) in [5.74, 6) is 0.839. The normalized spacial score (nSPS) is 15.4. The van der Waals surface area contributed by atoms with E-state index in [0.717, 1.165) is 18.1 Å². The van der Waals surface area contributed by atoms with E-state index in [0.29, 0.717) is 23.0 Å². The van der Waals surface area contributed by atoms with Gasteiger partial charge in [0.2, 0.25) is 11.8 Å². The van der Waals surface area contributed by atoms with Crippen LogP contribution in [0.2, 0.25) is 0 Å². The number of aromatic nitrogens is 2. The van der Waals surface area contributed by atoms with Crippen molar-refractivity contribution in [1.29, 1.82) is 0 Å². The van der Waals surface area contributed by atoms with Crippen LogP contribution < -0.4 is 20.9 Å². The second kappa shape index (κ2) is 9.64. The molecule has 3 aromatic rings. The third kappa shape index (κ3) is 5.43. The SMILES string of the molecule is CCNc1cc(Nc2ccc(NC(=O)C3CC(=O)N(c4ccc(F)cc4)C3)cc2)nc(C)n1. The van der Waals surface area contributed by atoms with Crippen LogP contribution in [-0.2, 0) is 9.59 Å². The Kier molecular flexibility index (Phi) is 6.48. The van der Waals surface area contributed by atoms with E-state index in [1.54, 1.807) is 24.3 Å². The van der Waals surface area contributed by atoms with Crippen LogP contribution in [0.15, 0.2) is 54.6 Å². The van der Waals surface area contributed by atoms with Crippen LogP contribution in [0.1, 0.15) is 19.2 Å². The standard InChI is InChI=1S/C24H25FN6O2/c1-3-26-21-13-22(28-15(2)27-21)29-18-6-8-19(9-7-18)30-24(33)16-12-23(32)31(14-16)20-10-4-17(25)5-11-20/h4-11,13,16H,3,12,14H2,1-2H3,(H,30,33)(H2,26,27,28,29). The van der Waals surface area contributed by atoms with Crippen molar-refractivity contribution in [3.05, 3.63) is 66.2 Å². The first-order valence-corrected chi connectivity index (χ1v) is 10.7. The monoisotopic (exact) mass is 448 g/mol. The summed E-state index contributed by atoms with van der Waals surface area (Å²) < 4.78 is 13.2. The number of nitrogens with one attached hydrogen (secondary N) is 3. The Morgan fingerprint density at radius 2 is 1.73 bits per heavy atom. The minimum absolute atomic E-state index is 0.115. The van der Waals surface area contributed by atoms with Crippen LogP contribution in [0.25, 0.3) is 0 Å². The Balaban J connectivity index is 1.36. The molecule has 0 radical (unpaired) electrons. The highest BCUT2D eigenvalue weighted by Crippen LogP contribution is 2.27. The van der Waals surface area contributed by atoms with Crippen molar-refractivity contribution in [1.82, 2.24) is 9.97 Å². The molecule has 0 aliphatic carbocycles. The fraction of sp³-hybridized carbons (Fsp3) is 0.250. The molecule has 2 aromatic carbocycles. The summed E-state index contributed by atoms with van der Waals surface area (Å²) in [6, 6.07) is 14.8. The number of amides is 2. The van der Waals surface area contributed by atoms with Crippen molar-refractivity contribution in [3.63, 3.8) is 0 Å². The van der Waals surface area contributed by atoms with Crippen LogP contribution in [0.4, 0.5) is 33.1 Å². The molecule has 1 saturated heterocycles. The van der Waals surface area contributed by atoms with Crippen LogP contribution in [0.5, 0.6) is 0 Å². The predicted octanol–water partition coefficient (Wildman–Crippen LogP) is 4.09. The minimum atomic E-state index is -0.478. The van der Waals surface area contributed by atoms with Crippen LogP contribution >= 0.6 is 0 Å². The first-order valence-electron chi connectivity index (χ1n) is 10.7. The molecule has 0 bridgehead atoms. The fourth-order valence-electron chi connectivity index (χ4n) is 3.69. The maximum absolute atomic E-state index is 13.2. The first-order chi connectivity index (χ1) is 15.9. The van der Waals surface area contributed by atoms with Gasteiger partial charge < -0.3 is 20.9 Å². The van der Waals surface area contributed by atoms with Crippen LogP contribution in [0.3, 0.4) is 0 Å². The lowest BCUT2D eigenvalue weighted by Gasteiger charge is -2.16. The molecule has 1 aliphatic heterocycles. The second-order valence-corrected chi connectivity index (χ2v) is 7.79. The van der Waals surface area contributed by atoms with E-state index in [9.17, 15) is 14.0 Å². The molecular weight excluding hydrogens is 423 g/mol. The van der Waals surface area contributed by atoms with Gasteiger partial charge in [0.1, 0.15) is 23.3 Å². The number of hydrogen-bond donors (Lipinski definition) is 3. The van der Waals surface area contributed by atoms with Gasteiger partial charge in [-0.05, 0) is 62.4 Å². The maximum Gasteiger partial charge on any atom is 0.229 e. The Morgan fingerprint density at radius 1 is 1.06 bits per heavy atom. The average molecular weight is 449 g/mol. The van der Waals surface area contributed by atoms with Gasteiger partial charge in [0.15, 0.2) is 0 Å². The summed E-state index contributed by atoms with van der Waals surface area (Å²) in [4.78, 5) is 35.3. The molecule has 1 atom stereocenters. The molecule has 2 amide bonds. The Hall–Kier alpha value is -4.01. The molecule has 2 heterocycles. The zero-order valence-corrected chi connectivity index (χ0v) is 18.4. The molecule has 1 aromatic heterocycles. The van der Waals surface area contributed by atoms with Crippen LogP contribution in [-0.4, -0.2) is 34.9 Å². The number of carbonyl (C=O) groups is 2. The van der Waals surface area contributed by atoms with E-state index in [1.165, 1.54) is 17.0 Å². The highest BCUT2D eigenvalue weighted by molar-refractivity contribution is 6.03. The molecule has 9 heteroatoms. The highest BCUT2D eigenvalue weighted by Gasteiger charge is 2.35. The summed E-state index contributed by atoms with van der Waals surface area (Å²) in [6.45, 7) is 4.85. The number of rotatable bonds is 7. The van der Waals surface area contributed by atoms with Crippen molar-refractivity contribution >= 4 is 40.5 Å². The van der Waals surface area contributed by atoms with Crippen molar-refractivity contribution in [3.8, 4) is 0 Å². The molecular formula is C24H25FN6O2. The molecule has 1 unspecified atom stereocenters. The Bertz CT molecular complexity index is 1150. The van der Waals surface area contributed by atoms with Crippen molar-refractivity contribution < 1.29 is 14.0 Å². The molecule has 170 valence electrons. The van der Waals surface area contributed by atoms with Gasteiger partial charge in [-0.2, -0.15) is 0 Å². The fourth-order valence-corrected chi connectivity index (χ4v) is 3.69. The molecule has 8 nitrogen and oxygen atoms in total. The number of nitrogens with zero attached hydrogens (tertiary/aromatic N) is 3. The van der Waals surface area contributed by atoms with E-state index < -0.39 is 5.92 Å². The summed E-state index contributed by atoms with van der Waals surface area (Å²) in [7, 11) is 0. The van der Waals surface area contributed by atoms with E-state index in [4.69, 9.17) is 0 Å². The summed E-state index contributed by atoms with van der Waals surface area (Å²) in [5, 5.41) is 9.27. The lowest BCUT2D eigenvalue weighted by molar-refractivity contribution is -0.122. The van der Waals surface area contributed by atoms with Gasteiger partial charge >= 0.3 is 0 Å². The third-order valence-electron chi connectivity index (χ3n) is 5.25. The van der Waals surface area contributed by atoms with Gasteiger partial charge in [0.25, 0.3) is 0 Å². The highest BCUT2D eigenvalue weighted by atomic mass is 19.1. The molecule has 0 saturated carbocycles. The number of hydrogen-bond acceptors (Lipinski definition) is 6. The maximum atomic E-state index is 13.2.